The molecule has 1 fully saturated rings. The van der Waals surface area contributed by atoms with Crippen LogP contribution in [-0.2, 0) is 9.59 Å². The number of benzene rings is 1. The Morgan fingerprint density at radius 1 is 1.29 bits per heavy atom. The molecule has 24 heavy (non-hydrogen) atoms. The molecule has 1 saturated heterocycles. The maximum Gasteiger partial charge on any atom is 0.270 e. The van der Waals surface area contributed by atoms with Crippen LogP contribution in [0.3, 0.4) is 0 Å². The molecule has 0 unspecified atom stereocenters. The summed E-state index contributed by atoms with van der Waals surface area (Å²) in [4.78, 5) is 26.3. The van der Waals surface area contributed by atoms with Crippen molar-refractivity contribution in [2.45, 2.75) is 6.92 Å². The van der Waals surface area contributed by atoms with E-state index in [1.54, 1.807) is 37.3 Å². The van der Waals surface area contributed by atoms with E-state index in [0.29, 0.717) is 25.8 Å². The third-order valence-corrected chi connectivity index (χ3v) is 4.74. The van der Waals surface area contributed by atoms with Gasteiger partial charge in [-0.15, -0.1) is 0 Å². The van der Waals surface area contributed by atoms with Gasteiger partial charge in [-0.3, -0.25) is 19.8 Å². The molecule has 2 amide bonds. The smallest absolute Gasteiger partial charge is 0.270 e. The van der Waals surface area contributed by atoms with Crippen LogP contribution >= 0.6 is 46.4 Å². The number of amides is 2. The van der Waals surface area contributed by atoms with E-state index in [-0.39, 0.29) is 10.7 Å². The molecule has 1 aromatic heterocycles. The quantitative estimate of drug-likeness (QED) is 0.314. The molecule has 122 valence electrons. The monoisotopic (exact) mass is 472 g/mol. The normalized spacial score (nSPS) is 16.7. The van der Waals surface area contributed by atoms with Crippen molar-refractivity contribution in [3.63, 3.8) is 0 Å². The highest BCUT2D eigenvalue weighted by atomic mass is 127. The van der Waals surface area contributed by atoms with Crippen LogP contribution in [0.2, 0.25) is 5.02 Å². The molecule has 1 aliphatic heterocycles. The first kappa shape index (κ1) is 17.1. The molecule has 3 rings (SSSR count). The van der Waals surface area contributed by atoms with Gasteiger partial charge in [-0.1, -0.05) is 17.7 Å². The van der Waals surface area contributed by atoms with Crippen LogP contribution in [0.15, 0.2) is 40.3 Å². The van der Waals surface area contributed by atoms with Gasteiger partial charge in [0.2, 0.25) is 0 Å². The van der Waals surface area contributed by atoms with Crippen molar-refractivity contribution in [2.24, 2.45) is 0 Å². The van der Waals surface area contributed by atoms with E-state index in [9.17, 15) is 9.59 Å². The lowest BCUT2D eigenvalue weighted by atomic mass is 10.1. The van der Waals surface area contributed by atoms with Gasteiger partial charge in [0.15, 0.2) is 8.88 Å². The zero-order chi connectivity index (χ0) is 17.4. The summed E-state index contributed by atoms with van der Waals surface area (Å²) in [6.07, 6.45) is 1.40. The third kappa shape index (κ3) is 3.11. The van der Waals surface area contributed by atoms with Gasteiger partial charge in [0, 0.05) is 5.02 Å². The standard InChI is InChI=1S/C16H10ClIN2O3S/c1-8-11(17)3-2-4-12(8)20-15(22)10(14(21)19-16(20)24)7-9-5-6-13(18)23-9/h2-7H,1H3,(H,19,21,24)/b10-7+. The lowest BCUT2D eigenvalue weighted by molar-refractivity contribution is -0.122. The molecule has 0 aliphatic carbocycles. The number of anilines is 1. The highest BCUT2D eigenvalue weighted by Gasteiger charge is 2.35. The second kappa shape index (κ2) is 6.66. The predicted molar refractivity (Wildman–Crippen MR) is 104 cm³/mol. The first-order valence-electron chi connectivity index (χ1n) is 6.80. The first-order valence-corrected chi connectivity index (χ1v) is 8.67. The van der Waals surface area contributed by atoms with Crippen LogP contribution in [0.4, 0.5) is 5.69 Å². The van der Waals surface area contributed by atoms with E-state index in [2.05, 4.69) is 5.32 Å². The van der Waals surface area contributed by atoms with Crippen LogP contribution in [0.1, 0.15) is 11.3 Å². The van der Waals surface area contributed by atoms with Gasteiger partial charge in [0.25, 0.3) is 11.8 Å². The summed E-state index contributed by atoms with van der Waals surface area (Å²) in [5.74, 6) is -0.679. The highest BCUT2D eigenvalue weighted by molar-refractivity contribution is 14.1. The highest BCUT2D eigenvalue weighted by Crippen LogP contribution is 2.29. The molecular weight excluding hydrogens is 463 g/mol. The number of furan rings is 1. The molecule has 0 bridgehead atoms. The van der Waals surface area contributed by atoms with Crippen LogP contribution in [0, 0.1) is 10.7 Å². The Morgan fingerprint density at radius 3 is 2.71 bits per heavy atom. The number of carbonyl (C=O) groups is 2. The number of halogens is 2. The number of thiocarbonyl (C=S) groups is 1. The van der Waals surface area contributed by atoms with Crippen LogP contribution in [-0.4, -0.2) is 16.9 Å². The summed E-state index contributed by atoms with van der Waals surface area (Å²) < 4.78 is 6.05. The molecular formula is C16H10ClIN2O3S. The summed E-state index contributed by atoms with van der Waals surface area (Å²) in [6.45, 7) is 1.78. The zero-order valence-electron chi connectivity index (χ0n) is 12.3. The van der Waals surface area contributed by atoms with Crippen molar-refractivity contribution < 1.29 is 14.0 Å². The number of nitrogens with zero attached hydrogens (tertiary/aromatic N) is 1. The van der Waals surface area contributed by atoms with Crippen molar-refractivity contribution in [1.82, 2.24) is 5.32 Å². The molecule has 1 aliphatic rings. The molecule has 0 spiro atoms. The van der Waals surface area contributed by atoms with Crippen LogP contribution in [0.25, 0.3) is 6.08 Å². The Morgan fingerprint density at radius 2 is 2.04 bits per heavy atom. The van der Waals surface area contributed by atoms with Crippen molar-refractivity contribution in [2.75, 3.05) is 4.90 Å². The van der Waals surface area contributed by atoms with E-state index >= 15 is 0 Å². The molecule has 5 nitrogen and oxygen atoms in total. The summed E-state index contributed by atoms with van der Waals surface area (Å²) >= 11 is 13.3. The Balaban J connectivity index is 2.06. The SMILES string of the molecule is Cc1c(Cl)cccc1N1C(=O)/C(=C/c2ccc(I)o2)C(=O)NC1=S. The van der Waals surface area contributed by atoms with Crippen LogP contribution < -0.4 is 10.2 Å². The lowest BCUT2D eigenvalue weighted by Gasteiger charge is -2.30. The molecule has 2 heterocycles. The zero-order valence-corrected chi connectivity index (χ0v) is 16.0. The van der Waals surface area contributed by atoms with Crippen molar-refractivity contribution in [3.8, 4) is 0 Å². The fraction of sp³-hybridized carbons (Fsp3) is 0.0625. The second-order valence-electron chi connectivity index (χ2n) is 4.98. The number of hydrogen-bond acceptors (Lipinski definition) is 4. The van der Waals surface area contributed by atoms with Crippen LogP contribution in [0.5, 0.6) is 0 Å². The lowest BCUT2D eigenvalue weighted by Crippen LogP contribution is -2.54. The van der Waals surface area contributed by atoms with Gasteiger partial charge in [-0.2, -0.15) is 0 Å². The first-order chi connectivity index (χ1) is 11.4. The fourth-order valence-electron chi connectivity index (χ4n) is 2.26. The van der Waals surface area contributed by atoms with E-state index in [0.717, 1.165) is 0 Å². The Bertz CT molecular complexity index is 906. The summed E-state index contributed by atoms with van der Waals surface area (Å²) in [7, 11) is 0. The number of carbonyl (C=O) groups excluding carboxylic acids is 2. The third-order valence-electron chi connectivity index (χ3n) is 3.46. The maximum atomic E-state index is 12.8. The molecule has 0 atom stereocenters. The van der Waals surface area contributed by atoms with E-state index in [1.165, 1.54) is 11.0 Å². The number of nitrogens with one attached hydrogen (secondary N) is 1. The Labute approximate surface area is 161 Å². The van der Waals surface area contributed by atoms with E-state index in [4.69, 9.17) is 28.2 Å². The maximum absolute atomic E-state index is 12.8. The predicted octanol–water partition coefficient (Wildman–Crippen LogP) is 3.68. The molecule has 8 heteroatoms. The summed E-state index contributed by atoms with van der Waals surface area (Å²) in [6, 6.07) is 8.57. The van der Waals surface area contributed by atoms with Crippen molar-refractivity contribution >= 4 is 75.1 Å². The minimum Gasteiger partial charge on any atom is -0.451 e. The average molecular weight is 473 g/mol. The van der Waals surface area contributed by atoms with Gasteiger partial charge in [-0.05, 0) is 77.6 Å². The fourth-order valence-corrected chi connectivity index (χ4v) is 3.14. The van der Waals surface area contributed by atoms with Gasteiger partial charge >= 0.3 is 0 Å². The topological polar surface area (TPSA) is 62.6 Å². The Kier molecular flexibility index (Phi) is 4.75. The van der Waals surface area contributed by atoms with E-state index in [1.807, 2.05) is 22.6 Å². The largest absolute Gasteiger partial charge is 0.451 e. The van der Waals surface area contributed by atoms with E-state index < -0.39 is 11.8 Å². The van der Waals surface area contributed by atoms with Gasteiger partial charge in [-0.25, -0.2) is 0 Å². The summed E-state index contributed by atoms with van der Waals surface area (Å²) in [5.41, 5.74) is 1.16. The molecule has 0 saturated carbocycles. The Hall–Kier alpha value is -1.71. The minimum absolute atomic E-state index is 0.0153. The molecule has 0 radical (unpaired) electrons. The average Bonchev–Trinajstić information content (AvgIpc) is 2.93. The van der Waals surface area contributed by atoms with Crippen molar-refractivity contribution in [3.05, 3.63) is 56.0 Å². The molecule has 1 N–H and O–H groups in total. The number of hydrogen-bond donors (Lipinski definition) is 1. The van der Waals surface area contributed by atoms with Crippen molar-refractivity contribution in [1.29, 1.82) is 0 Å². The molecule has 2 aromatic rings. The van der Waals surface area contributed by atoms with Gasteiger partial charge in [0.1, 0.15) is 11.3 Å². The van der Waals surface area contributed by atoms with Gasteiger partial charge < -0.3 is 4.42 Å². The van der Waals surface area contributed by atoms with Gasteiger partial charge in [0.05, 0.1) is 5.69 Å². The minimum atomic E-state index is -0.563. The summed E-state index contributed by atoms with van der Waals surface area (Å²) in [5, 5.41) is 3.05. The molecule has 1 aromatic carbocycles. The number of rotatable bonds is 2. The second-order valence-corrected chi connectivity index (χ2v) is 6.84.